The lowest BCUT2D eigenvalue weighted by Crippen LogP contribution is -2.11. The molecule has 0 bridgehead atoms. The number of benzene rings is 4. The minimum absolute atomic E-state index is 0.0153. The second kappa shape index (κ2) is 11.4. The summed E-state index contributed by atoms with van der Waals surface area (Å²) < 4.78 is 0. The molecule has 2 aromatic heterocycles. The molecule has 43 heavy (non-hydrogen) atoms. The number of hydrogen-bond acceptors (Lipinski definition) is 3. The van der Waals surface area contributed by atoms with E-state index in [-0.39, 0.29) is 11.2 Å². The van der Waals surface area contributed by atoms with Crippen LogP contribution in [0, 0.1) is 6.57 Å². The predicted molar refractivity (Wildman–Crippen MR) is 176 cm³/mol. The summed E-state index contributed by atoms with van der Waals surface area (Å²) in [7, 11) is 0. The number of rotatable bonds is 5. The average Bonchev–Trinajstić information content (AvgIpc) is 3.04. The van der Waals surface area contributed by atoms with Crippen molar-refractivity contribution in [2.24, 2.45) is 0 Å². The minimum Gasteiger partial charge on any atom is -0.507 e. The summed E-state index contributed by atoms with van der Waals surface area (Å²) in [5.74, 6) is 0.179. The molecule has 4 aromatic carbocycles. The van der Waals surface area contributed by atoms with E-state index in [2.05, 4.69) is 79.1 Å². The van der Waals surface area contributed by atoms with Gasteiger partial charge in [-0.3, -0.25) is 4.98 Å². The lowest BCUT2D eigenvalue weighted by Gasteiger charge is -2.19. The average molecular weight is 558 g/mol. The zero-order chi connectivity index (χ0) is 30.0. The molecule has 0 aliphatic heterocycles. The summed E-state index contributed by atoms with van der Waals surface area (Å²) in [5.41, 5.74) is 11.0. The maximum absolute atomic E-state index is 10.8. The van der Waals surface area contributed by atoms with Crippen molar-refractivity contribution >= 4 is 5.69 Å². The number of nitrogens with zero attached hydrogens (tertiary/aromatic N) is 3. The Balaban J connectivity index is 1.52. The van der Waals surface area contributed by atoms with Gasteiger partial charge in [-0.1, -0.05) is 99.6 Å². The van der Waals surface area contributed by atoms with Crippen LogP contribution in [-0.4, -0.2) is 15.1 Å². The van der Waals surface area contributed by atoms with E-state index in [9.17, 15) is 5.11 Å². The van der Waals surface area contributed by atoms with E-state index >= 15 is 0 Å². The highest BCUT2D eigenvalue weighted by Crippen LogP contribution is 2.38. The van der Waals surface area contributed by atoms with Crippen molar-refractivity contribution in [1.29, 1.82) is 0 Å². The van der Waals surface area contributed by atoms with E-state index in [4.69, 9.17) is 11.6 Å². The van der Waals surface area contributed by atoms with Crippen LogP contribution in [-0.2, 0) is 5.41 Å². The van der Waals surface area contributed by atoms with Gasteiger partial charge in [0.25, 0.3) is 0 Å². The van der Waals surface area contributed by atoms with Crippen molar-refractivity contribution in [2.45, 2.75) is 26.2 Å². The summed E-state index contributed by atoms with van der Waals surface area (Å²) in [4.78, 5) is 13.3. The van der Waals surface area contributed by atoms with Crippen molar-refractivity contribution < 1.29 is 5.11 Å². The monoisotopic (exact) mass is 557 g/mol. The molecule has 208 valence electrons. The first-order chi connectivity index (χ1) is 20.8. The third kappa shape index (κ3) is 5.80. The largest absolute Gasteiger partial charge is 0.507 e. The molecule has 0 saturated carbocycles. The lowest BCUT2D eigenvalue weighted by molar-refractivity contribution is 0.477. The van der Waals surface area contributed by atoms with Gasteiger partial charge in [0.1, 0.15) is 5.75 Å². The normalized spacial score (nSPS) is 11.2. The fourth-order valence-corrected chi connectivity index (χ4v) is 5.26. The van der Waals surface area contributed by atoms with Crippen LogP contribution in [0.3, 0.4) is 0 Å². The number of aromatic hydroxyl groups is 1. The highest BCUT2D eigenvalue weighted by atomic mass is 16.3. The molecule has 4 heteroatoms. The molecule has 0 unspecified atom stereocenters. The molecule has 0 fully saturated rings. The Morgan fingerprint density at radius 3 is 1.88 bits per heavy atom. The summed E-state index contributed by atoms with van der Waals surface area (Å²) in [6, 6.07) is 39.9. The fourth-order valence-electron chi connectivity index (χ4n) is 5.26. The Labute approximate surface area is 252 Å². The van der Waals surface area contributed by atoms with Crippen LogP contribution >= 0.6 is 0 Å². The van der Waals surface area contributed by atoms with E-state index in [1.807, 2.05) is 72.9 Å². The Morgan fingerprint density at radius 1 is 0.581 bits per heavy atom. The van der Waals surface area contributed by atoms with Crippen LogP contribution in [0.25, 0.3) is 60.9 Å². The first-order valence-corrected chi connectivity index (χ1v) is 14.3. The smallest absolute Gasteiger partial charge is 0.187 e. The molecule has 0 radical (unpaired) electrons. The second-order valence-electron chi connectivity index (χ2n) is 11.6. The Hall–Kier alpha value is -5.53. The topological polar surface area (TPSA) is 50.4 Å². The molecule has 6 rings (SSSR count). The fraction of sp³-hybridized carbons (Fsp3) is 0.103. The van der Waals surface area contributed by atoms with Gasteiger partial charge in [0.15, 0.2) is 5.69 Å². The summed E-state index contributed by atoms with van der Waals surface area (Å²) in [5, 5.41) is 10.8. The lowest BCUT2D eigenvalue weighted by atomic mass is 9.87. The van der Waals surface area contributed by atoms with Crippen LogP contribution in [0.4, 0.5) is 5.69 Å². The van der Waals surface area contributed by atoms with Crippen molar-refractivity contribution in [3.8, 4) is 61.8 Å². The Kier molecular flexibility index (Phi) is 7.32. The standard InChI is InChI=1S/C39H31N3O/c1-39(2,3)30-20-21-41-35(25-30)27-10-9-11-28(22-27)36-23-29(24-37(42-36)34-14-7-8-15-38(34)43)33-13-6-5-12-32(33)26-16-18-31(40-4)19-17-26/h5-25,43H,1-3H3. The Morgan fingerprint density at radius 2 is 1.21 bits per heavy atom. The molecule has 2 heterocycles. The molecule has 0 spiro atoms. The van der Waals surface area contributed by atoms with Crippen molar-refractivity contribution in [3.63, 3.8) is 0 Å². The first kappa shape index (κ1) is 27.6. The van der Waals surface area contributed by atoms with Gasteiger partial charge in [-0.2, -0.15) is 0 Å². The maximum atomic E-state index is 10.8. The first-order valence-electron chi connectivity index (χ1n) is 14.3. The predicted octanol–water partition coefficient (Wildman–Crippen LogP) is 10.4. The number of phenols is 1. The van der Waals surface area contributed by atoms with Gasteiger partial charge in [0, 0.05) is 22.9 Å². The van der Waals surface area contributed by atoms with E-state index in [0.29, 0.717) is 16.9 Å². The van der Waals surface area contributed by atoms with Crippen LogP contribution in [0.2, 0.25) is 0 Å². The van der Waals surface area contributed by atoms with Gasteiger partial charge in [0.2, 0.25) is 0 Å². The summed E-state index contributed by atoms with van der Waals surface area (Å²) in [6.07, 6.45) is 1.87. The zero-order valence-electron chi connectivity index (χ0n) is 24.4. The SMILES string of the molecule is [C-]#[N+]c1ccc(-c2ccccc2-c2cc(-c3cccc(-c4cc(C(C)(C)C)ccn4)c3)nc(-c3ccccc3O)c2)cc1. The molecular weight excluding hydrogens is 526 g/mol. The van der Waals surface area contributed by atoms with Crippen LogP contribution in [0.15, 0.2) is 128 Å². The third-order valence-corrected chi connectivity index (χ3v) is 7.63. The number of phenolic OH excluding ortho intramolecular Hbond substituents is 1. The molecule has 0 aliphatic rings. The molecule has 0 atom stereocenters. The van der Waals surface area contributed by atoms with Crippen molar-refractivity contribution in [3.05, 3.63) is 145 Å². The highest BCUT2D eigenvalue weighted by molar-refractivity contribution is 5.87. The van der Waals surface area contributed by atoms with E-state index in [1.54, 1.807) is 6.07 Å². The molecular formula is C39H31N3O. The zero-order valence-corrected chi connectivity index (χ0v) is 24.4. The van der Waals surface area contributed by atoms with Gasteiger partial charge < -0.3 is 5.11 Å². The molecule has 0 saturated heterocycles. The molecule has 0 aliphatic carbocycles. The van der Waals surface area contributed by atoms with Crippen LogP contribution < -0.4 is 0 Å². The van der Waals surface area contributed by atoms with Gasteiger partial charge in [-0.05, 0) is 75.7 Å². The molecule has 6 aromatic rings. The van der Waals surface area contributed by atoms with E-state index < -0.39 is 0 Å². The van der Waals surface area contributed by atoms with Gasteiger partial charge in [-0.15, -0.1) is 0 Å². The molecule has 0 amide bonds. The second-order valence-corrected chi connectivity index (χ2v) is 11.6. The summed E-state index contributed by atoms with van der Waals surface area (Å²) >= 11 is 0. The Bertz CT molecular complexity index is 1980. The van der Waals surface area contributed by atoms with Crippen LogP contribution in [0.1, 0.15) is 26.3 Å². The van der Waals surface area contributed by atoms with Crippen molar-refractivity contribution in [2.75, 3.05) is 0 Å². The molecule has 4 nitrogen and oxygen atoms in total. The number of para-hydroxylation sites is 1. The minimum atomic E-state index is 0.0153. The van der Waals surface area contributed by atoms with Crippen LogP contribution in [0.5, 0.6) is 5.75 Å². The third-order valence-electron chi connectivity index (χ3n) is 7.63. The highest BCUT2D eigenvalue weighted by Gasteiger charge is 2.17. The maximum Gasteiger partial charge on any atom is 0.187 e. The van der Waals surface area contributed by atoms with Crippen molar-refractivity contribution in [1.82, 2.24) is 9.97 Å². The number of aromatic nitrogens is 2. The number of hydrogen-bond donors (Lipinski definition) is 1. The van der Waals surface area contributed by atoms with Gasteiger partial charge in [-0.25, -0.2) is 9.83 Å². The van der Waals surface area contributed by atoms with E-state index in [1.165, 1.54) is 5.56 Å². The summed E-state index contributed by atoms with van der Waals surface area (Å²) in [6.45, 7) is 13.9. The molecule has 1 N–H and O–H groups in total. The van der Waals surface area contributed by atoms with Gasteiger partial charge >= 0.3 is 0 Å². The van der Waals surface area contributed by atoms with E-state index in [0.717, 1.165) is 44.8 Å². The quantitative estimate of drug-likeness (QED) is 0.215. The van der Waals surface area contributed by atoms with Gasteiger partial charge in [0.05, 0.1) is 23.7 Å². The number of pyridine rings is 2.